The van der Waals surface area contributed by atoms with Crippen molar-refractivity contribution in [3.8, 4) is 11.3 Å². The van der Waals surface area contributed by atoms with E-state index in [1.165, 1.54) is 0 Å². The fraction of sp³-hybridized carbons (Fsp3) is 0.125. The Labute approximate surface area is 88.3 Å². The number of aryl methyl sites for hydroxylation is 1. The van der Waals surface area contributed by atoms with Gasteiger partial charge in [0.05, 0.1) is 17.6 Å². The van der Waals surface area contributed by atoms with Crippen LogP contribution in [0.15, 0.2) is 17.8 Å². The predicted octanol–water partition coefficient (Wildman–Crippen LogP) is 3.30. The average molecular weight is 226 g/mol. The number of aromatic nitrogens is 2. The van der Waals surface area contributed by atoms with Crippen LogP contribution in [0.1, 0.15) is 5.69 Å². The fourth-order valence-electron chi connectivity index (χ4n) is 0.905. The van der Waals surface area contributed by atoms with E-state index in [2.05, 4.69) is 9.97 Å². The van der Waals surface area contributed by atoms with Crippen molar-refractivity contribution in [2.24, 2.45) is 0 Å². The Balaban J connectivity index is 2.54. The lowest BCUT2D eigenvalue weighted by Gasteiger charge is -1.95. The highest BCUT2D eigenvalue weighted by Gasteiger charge is 2.02. The summed E-state index contributed by atoms with van der Waals surface area (Å²) in [5.41, 5.74) is 2.82. The molecule has 5 heteroatoms. The van der Waals surface area contributed by atoms with Crippen LogP contribution in [0.3, 0.4) is 0 Å². The van der Waals surface area contributed by atoms with Crippen LogP contribution in [-0.2, 0) is 0 Å². The zero-order chi connectivity index (χ0) is 9.26. The molecule has 0 saturated carbocycles. The minimum Gasteiger partial charge on any atom is -0.258 e. The van der Waals surface area contributed by atoms with E-state index in [1.54, 1.807) is 33.1 Å². The molecular formula is C8H6N2S3. The molecular weight excluding hydrogens is 220 g/mol. The normalized spacial score (nSPS) is 10.2. The Morgan fingerprint density at radius 3 is 2.69 bits per heavy atom. The summed E-state index contributed by atoms with van der Waals surface area (Å²) in [6.07, 6.45) is 3.52. The van der Waals surface area contributed by atoms with Gasteiger partial charge in [0.25, 0.3) is 0 Å². The van der Waals surface area contributed by atoms with Gasteiger partial charge in [-0.1, -0.05) is 32.9 Å². The van der Waals surface area contributed by atoms with Gasteiger partial charge in [0.1, 0.15) is 3.82 Å². The van der Waals surface area contributed by atoms with E-state index in [0.717, 1.165) is 20.8 Å². The molecule has 0 aliphatic heterocycles. The van der Waals surface area contributed by atoms with Crippen molar-refractivity contribution < 1.29 is 0 Å². The summed E-state index contributed by atoms with van der Waals surface area (Å²) in [4.78, 5) is 8.44. The quantitative estimate of drug-likeness (QED) is 0.551. The van der Waals surface area contributed by atoms with Crippen LogP contribution in [0.25, 0.3) is 11.3 Å². The van der Waals surface area contributed by atoms with E-state index in [0.29, 0.717) is 0 Å². The van der Waals surface area contributed by atoms with Crippen molar-refractivity contribution in [2.45, 2.75) is 6.92 Å². The van der Waals surface area contributed by atoms with Crippen LogP contribution in [0, 0.1) is 10.7 Å². The molecule has 2 nitrogen and oxygen atoms in total. The van der Waals surface area contributed by atoms with Crippen molar-refractivity contribution in [1.29, 1.82) is 0 Å². The smallest absolute Gasteiger partial charge is 0.111 e. The Morgan fingerprint density at radius 1 is 1.31 bits per heavy atom. The molecule has 0 aromatic carbocycles. The molecule has 66 valence electrons. The summed E-state index contributed by atoms with van der Waals surface area (Å²) < 4.78 is 0.892. The summed E-state index contributed by atoms with van der Waals surface area (Å²) in [6, 6.07) is 0. The summed E-state index contributed by atoms with van der Waals surface area (Å²) in [5.74, 6) is 0. The topological polar surface area (TPSA) is 25.8 Å². The third kappa shape index (κ3) is 1.82. The molecule has 0 atom stereocenters. The molecule has 0 fully saturated rings. The third-order valence-corrected chi connectivity index (χ3v) is 4.23. The van der Waals surface area contributed by atoms with Gasteiger partial charge in [-0.3, -0.25) is 9.97 Å². The highest BCUT2D eigenvalue weighted by atomic mass is 32.9. The second kappa shape index (κ2) is 3.61. The lowest BCUT2D eigenvalue weighted by Crippen LogP contribution is -1.86. The average Bonchev–Trinajstić information content (AvgIpc) is 2.53. The van der Waals surface area contributed by atoms with Crippen molar-refractivity contribution >= 4 is 32.9 Å². The van der Waals surface area contributed by atoms with Gasteiger partial charge in [-0.2, -0.15) is 0 Å². The fourth-order valence-corrected chi connectivity index (χ4v) is 3.26. The second-order valence-corrected chi connectivity index (χ2v) is 5.29. The van der Waals surface area contributed by atoms with Crippen LogP contribution >= 0.6 is 32.9 Å². The lowest BCUT2D eigenvalue weighted by molar-refractivity contribution is 1.12. The minimum absolute atomic E-state index is 0.869. The molecule has 0 N–H and O–H groups in total. The second-order valence-electron chi connectivity index (χ2n) is 2.54. The summed E-state index contributed by atoms with van der Waals surface area (Å²) in [7, 11) is 3.23. The highest BCUT2D eigenvalue weighted by molar-refractivity contribution is 7.79. The van der Waals surface area contributed by atoms with E-state index in [4.69, 9.17) is 12.2 Å². The van der Waals surface area contributed by atoms with Crippen molar-refractivity contribution in [3.63, 3.8) is 0 Å². The third-order valence-electron chi connectivity index (χ3n) is 1.57. The van der Waals surface area contributed by atoms with Gasteiger partial charge in [0.15, 0.2) is 0 Å². The standard InChI is InChI=1S/C8H6N2S3/c1-5-2-10-7(3-9-5)6-4-12-13-8(6)11/h2-4H,1H3. The van der Waals surface area contributed by atoms with Crippen LogP contribution < -0.4 is 0 Å². The summed E-state index contributed by atoms with van der Waals surface area (Å²) >= 11 is 5.16. The van der Waals surface area contributed by atoms with E-state index < -0.39 is 0 Å². The maximum Gasteiger partial charge on any atom is 0.111 e. The van der Waals surface area contributed by atoms with E-state index >= 15 is 0 Å². The van der Waals surface area contributed by atoms with Crippen LogP contribution in [0.4, 0.5) is 0 Å². The van der Waals surface area contributed by atoms with Crippen LogP contribution in [-0.4, -0.2) is 9.97 Å². The van der Waals surface area contributed by atoms with Crippen molar-refractivity contribution in [2.75, 3.05) is 0 Å². The van der Waals surface area contributed by atoms with Gasteiger partial charge in [-0.05, 0) is 6.92 Å². The van der Waals surface area contributed by atoms with Crippen LogP contribution in [0.5, 0.6) is 0 Å². The number of nitrogens with zero attached hydrogens (tertiary/aromatic N) is 2. The summed E-state index contributed by atoms with van der Waals surface area (Å²) in [6.45, 7) is 1.92. The van der Waals surface area contributed by atoms with Gasteiger partial charge in [0, 0.05) is 17.1 Å². The largest absolute Gasteiger partial charge is 0.258 e. The van der Waals surface area contributed by atoms with Gasteiger partial charge in [0.2, 0.25) is 0 Å². The first kappa shape index (κ1) is 8.93. The Kier molecular flexibility index (Phi) is 2.48. The zero-order valence-corrected chi connectivity index (χ0v) is 9.30. The zero-order valence-electron chi connectivity index (χ0n) is 6.85. The number of hydrogen-bond donors (Lipinski definition) is 0. The first-order chi connectivity index (χ1) is 6.27. The first-order valence-corrected chi connectivity index (χ1v) is 6.26. The van der Waals surface area contributed by atoms with E-state index in [-0.39, 0.29) is 0 Å². The van der Waals surface area contributed by atoms with E-state index in [1.807, 2.05) is 12.3 Å². The molecule has 0 unspecified atom stereocenters. The maximum atomic E-state index is 5.16. The highest BCUT2D eigenvalue weighted by Crippen LogP contribution is 2.25. The molecule has 0 aliphatic rings. The molecule has 13 heavy (non-hydrogen) atoms. The number of rotatable bonds is 1. The molecule has 0 aliphatic carbocycles. The molecule has 0 radical (unpaired) electrons. The van der Waals surface area contributed by atoms with Gasteiger partial charge in [-0.15, -0.1) is 0 Å². The molecule has 2 rings (SSSR count). The van der Waals surface area contributed by atoms with Crippen LogP contribution in [0.2, 0.25) is 0 Å². The number of hydrogen-bond acceptors (Lipinski definition) is 5. The Bertz CT molecular complexity index is 455. The van der Waals surface area contributed by atoms with Crippen molar-refractivity contribution in [3.05, 3.63) is 27.3 Å². The molecule has 0 bridgehead atoms. The SMILES string of the molecule is Cc1cnc(-c2cssc2=S)cn1. The first-order valence-electron chi connectivity index (χ1n) is 3.64. The minimum atomic E-state index is 0.869. The van der Waals surface area contributed by atoms with E-state index in [9.17, 15) is 0 Å². The Hall–Kier alpha value is -0.650. The predicted molar refractivity (Wildman–Crippen MR) is 58.8 cm³/mol. The monoisotopic (exact) mass is 226 g/mol. The lowest BCUT2D eigenvalue weighted by atomic mass is 10.3. The molecule has 2 aromatic heterocycles. The molecule has 2 aromatic rings. The maximum absolute atomic E-state index is 5.16. The van der Waals surface area contributed by atoms with Gasteiger partial charge >= 0.3 is 0 Å². The Morgan fingerprint density at radius 2 is 2.15 bits per heavy atom. The van der Waals surface area contributed by atoms with Gasteiger partial charge < -0.3 is 0 Å². The molecule has 0 spiro atoms. The molecule has 2 heterocycles. The van der Waals surface area contributed by atoms with Gasteiger partial charge in [-0.25, -0.2) is 0 Å². The molecule has 0 amide bonds. The molecule has 0 saturated heterocycles. The summed E-state index contributed by atoms with van der Waals surface area (Å²) in [5, 5.41) is 2.02. The van der Waals surface area contributed by atoms with Crippen molar-refractivity contribution in [1.82, 2.24) is 9.97 Å².